The number of likely N-dealkylation sites (tertiary alicyclic amines) is 1. The number of aromatic nitrogens is 3. The Kier molecular flexibility index (Phi) is 6.13. The lowest BCUT2D eigenvalue weighted by molar-refractivity contribution is -0.122. The number of carbonyl (C=O) groups is 1. The molecule has 9 nitrogen and oxygen atoms in total. The zero-order chi connectivity index (χ0) is 21.8. The summed E-state index contributed by atoms with van der Waals surface area (Å²) in [5, 5.41) is 6.91. The highest BCUT2D eigenvalue weighted by Gasteiger charge is 2.28. The Morgan fingerprint density at radius 2 is 2.19 bits per heavy atom. The second-order valence-corrected chi connectivity index (χ2v) is 7.83. The topological polar surface area (TPSA) is 129 Å². The van der Waals surface area contributed by atoms with Gasteiger partial charge in [0.25, 0.3) is 5.56 Å². The molecule has 162 valence electrons. The zero-order valence-electron chi connectivity index (χ0n) is 17.5. The molecule has 9 heteroatoms. The van der Waals surface area contributed by atoms with Gasteiger partial charge in [0.1, 0.15) is 11.2 Å². The van der Waals surface area contributed by atoms with Gasteiger partial charge in [0.15, 0.2) is 0 Å². The molecule has 1 aromatic carbocycles. The Balaban J connectivity index is 1.49. The van der Waals surface area contributed by atoms with Crippen molar-refractivity contribution in [2.45, 2.75) is 32.2 Å². The molecule has 5 N–H and O–H groups in total. The number of hydrogen-bond donors (Lipinski definition) is 4. The van der Waals surface area contributed by atoms with Crippen LogP contribution < -0.4 is 21.9 Å². The van der Waals surface area contributed by atoms with Crippen LogP contribution in [0.15, 0.2) is 41.3 Å². The summed E-state index contributed by atoms with van der Waals surface area (Å²) in [5.74, 6) is 0.648. The maximum Gasteiger partial charge on any atom is 0.261 e. The van der Waals surface area contributed by atoms with E-state index in [0.29, 0.717) is 29.2 Å². The highest BCUT2D eigenvalue weighted by Crippen LogP contribution is 2.23. The Morgan fingerprint density at radius 1 is 1.32 bits per heavy atom. The third-order valence-corrected chi connectivity index (χ3v) is 5.50. The molecule has 1 atom stereocenters. The van der Waals surface area contributed by atoms with Crippen LogP contribution in [0.2, 0.25) is 0 Å². The van der Waals surface area contributed by atoms with E-state index in [1.807, 2.05) is 31.2 Å². The number of hydrogen-bond acceptors (Lipinski definition) is 7. The van der Waals surface area contributed by atoms with Crippen LogP contribution in [-0.2, 0) is 4.79 Å². The highest BCUT2D eigenvalue weighted by molar-refractivity contribution is 5.90. The maximum absolute atomic E-state index is 12.4. The lowest BCUT2D eigenvalue weighted by Gasteiger charge is -2.21. The van der Waals surface area contributed by atoms with Crippen molar-refractivity contribution in [2.24, 2.45) is 5.73 Å². The summed E-state index contributed by atoms with van der Waals surface area (Å²) in [6, 6.07) is 9.47. The molecule has 3 heterocycles. The number of aryl methyl sites for hydroxylation is 1. The lowest BCUT2D eigenvalue weighted by Crippen LogP contribution is -2.41. The fourth-order valence-electron chi connectivity index (χ4n) is 4.02. The van der Waals surface area contributed by atoms with E-state index in [1.54, 1.807) is 12.3 Å². The number of aromatic amines is 1. The number of H-pyrrole nitrogens is 1. The molecule has 1 aliphatic heterocycles. The zero-order valence-corrected chi connectivity index (χ0v) is 17.5. The Morgan fingerprint density at radius 3 is 3.00 bits per heavy atom. The molecule has 3 aromatic rings. The van der Waals surface area contributed by atoms with Gasteiger partial charge in [-0.1, -0.05) is 12.1 Å². The van der Waals surface area contributed by atoms with Crippen molar-refractivity contribution in [3.8, 4) is 0 Å². The van der Waals surface area contributed by atoms with Crippen LogP contribution >= 0.6 is 0 Å². The number of carbonyl (C=O) groups excluding carboxylic acids is 1. The van der Waals surface area contributed by atoms with Crippen LogP contribution in [0.1, 0.15) is 24.8 Å². The average molecular weight is 422 g/mol. The number of anilines is 3. The summed E-state index contributed by atoms with van der Waals surface area (Å²) in [5.41, 5.74) is 7.75. The summed E-state index contributed by atoms with van der Waals surface area (Å²) in [6.07, 6.45) is 4.23. The number of amides is 1. The molecule has 0 radical (unpaired) electrons. The molecule has 1 aliphatic rings. The van der Waals surface area contributed by atoms with Crippen molar-refractivity contribution >= 4 is 34.3 Å². The van der Waals surface area contributed by atoms with Crippen molar-refractivity contribution in [2.75, 3.05) is 30.3 Å². The number of rotatable bonds is 8. The van der Waals surface area contributed by atoms with E-state index >= 15 is 0 Å². The van der Waals surface area contributed by atoms with Gasteiger partial charge in [-0.3, -0.25) is 14.5 Å². The van der Waals surface area contributed by atoms with Gasteiger partial charge in [0.2, 0.25) is 11.9 Å². The molecule has 31 heavy (non-hydrogen) atoms. The van der Waals surface area contributed by atoms with Crippen LogP contribution in [-0.4, -0.2) is 51.4 Å². The number of pyridine rings is 1. The van der Waals surface area contributed by atoms with Crippen LogP contribution in [0.4, 0.5) is 17.5 Å². The van der Waals surface area contributed by atoms with Crippen molar-refractivity contribution in [1.29, 1.82) is 0 Å². The van der Waals surface area contributed by atoms with Gasteiger partial charge < -0.3 is 21.4 Å². The number of nitrogens with two attached hydrogens (primary N) is 1. The molecular formula is C22H27N7O2. The van der Waals surface area contributed by atoms with Crippen LogP contribution in [0.3, 0.4) is 0 Å². The first-order valence-electron chi connectivity index (χ1n) is 10.5. The van der Waals surface area contributed by atoms with Gasteiger partial charge >= 0.3 is 0 Å². The predicted molar refractivity (Wildman–Crippen MR) is 122 cm³/mol. The molecule has 4 rings (SSSR count). The fraction of sp³-hybridized carbons (Fsp3) is 0.364. The first-order chi connectivity index (χ1) is 15.0. The second kappa shape index (κ2) is 9.13. The van der Waals surface area contributed by atoms with Gasteiger partial charge in [0.05, 0.1) is 11.6 Å². The van der Waals surface area contributed by atoms with Gasteiger partial charge in [-0.05, 0) is 56.5 Å². The second-order valence-electron chi connectivity index (χ2n) is 7.83. The molecule has 0 aliphatic carbocycles. The molecule has 0 spiro atoms. The number of fused-ring (bicyclic) bond motifs is 1. The number of primary amides is 1. The Labute approximate surface area is 180 Å². The summed E-state index contributed by atoms with van der Waals surface area (Å²) >= 11 is 0. The summed E-state index contributed by atoms with van der Waals surface area (Å²) in [6.45, 7) is 4.32. The molecule has 0 bridgehead atoms. The quantitative estimate of drug-likeness (QED) is 0.410. The first kappa shape index (κ1) is 20.8. The molecule has 1 amide bonds. The molecular weight excluding hydrogens is 394 g/mol. The smallest absolute Gasteiger partial charge is 0.261 e. The van der Waals surface area contributed by atoms with Crippen molar-refractivity contribution in [1.82, 2.24) is 19.9 Å². The third kappa shape index (κ3) is 4.83. The standard InChI is InChI=1S/C22H27N7O2/c1-14-5-2-6-15(13-14)26-20-18-16(8-10-24-21(18)31)27-22(28-20)25-9-4-12-29-11-3-7-17(29)19(23)30/h2,5-6,8,10,13,17H,3-4,7,9,11-12H2,1H3,(H2,23,30)(H,24,31)(H2,25,26,27,28)/t17-/m0/s1. The summed E-state index contributed by atoms with van der Waals surface area (Å²) in [7, 11) is 0. The van der Waals surface area contributed by atoms with E-state index in [9.17, 15) is 9.59 Å². The molecule has 2 aromatic heterocycles. The van der Waals surface area contributed by atoms with Crippen LogP contribution in [0.5, 0.6) is 0 Å². The Hall–Kier alpha value is -3.46. The van der Waals surface area contributed by atoms with Crippen molar-refractivity contribution < 1.29 is 4.79 Å². The van der Waals surface area contributed by atoms with Crippen molar-refractivity contribution in [3.63, 3.8) is 0 Å². The third-order valence-electron chi connectivity index (χ3n) is 5.50. The van der Waals surface area contributed by atoms with E-state index in [4.69, 9.17) is 5.73 Å². The van der Waals surface area contributed by atoms with Crippen molar-refractivity contribution in [3.05, 3.63) is 52.4 Å². The number of benzene rings is 1. The minimum atomic E-state index is -0.250. The van der Waals surface area contributed by atoms with Gasteiger partial charge in [-0.2, -0.15) is 4.98 Å². The van der Waals surface area contributed by atoms with Gasteiger partial charge in [0, 0.05) is 25.0 Å². The van der Waals surface area contributed by atoms with E-state index in [1.165, 1.54) is 0 Å². The fourth-order valence-corrected chi connectivity index (χ4v) is 4.02. The number of nitrogens with one attached hydrogen (secondary N) is 3. The minimum Gasteiger partial charge on any atom is -0.368 e. The Bertz CT molecular complexity index is 1140. The van der Waals surface area contributed by atoms with Crippen LogP contribution in [0, 0.1) is 6.92 Å². The van der Waals surface area contributed by atoms with E-state index < -0.39 is 0 Å². The summed E-state index contributed by atoms with van der Waals surface area (Å²) < 4.78 is 0. The monoisotopic (exact) mass is 421 g/mol. The largest absolute Gasteiger partial charge is 0.368 e. The van der Waals surface area contributed by atoms with Gasteiger partial charge in [-0.15, -0.1) is 0 Å². The highest BCUT2D eigenvalue weighted by atomic mass is 16.1. The number of nitrogens with zero attached hydrogens (tertiary/aromatic N) is 3. The lowest BCUT2D eigenvalue weighted by atomic mass is 10.2. The van der Waals surface area contributed by atoms with E-state index in [0.717, 1.165) is 43.6 Å². The minimum absolute atomic E-state index is 0.159. The van der Waals surface area contributed by atoms with Gasteiger partial charge in [-0.25, -0.2) is 4.98 Å². The molecule has 0 unspecified atom stereocenters. The molecule has 1 saturated heterocycles. The first-order valence-corrected chi connectivity index (χ1v) is 10.5. The van der Waals surface area contributed by atoms with Crippen LogP contribution in [0.25, 0.3) is 10.9 Å². The molecule has 1 fully saturated rings. The normalized spacial score (nSPS) is 16.5. The van der Waals surface area contributed by atoms with E-state index in [2.05, 4.69) is 30.5 Å². The summed E-state index contributed by atoms with van der Waals surface area (Å²) in [4.78, 5) is 37.8. The average Bonchev–Trinajstić information content (AvgIpc) is 3.20. The van der Waals surface area contributed by atoms with E-state index in [-0.39, 0.29) is 17.5 Å². The maximum atomic E-state index is 12.4. The SMILES string of the molecule is Cc1cccc(Nc2nc(NCCCN3CCC[C@H]3C(N)=O)nc3cc[nH]c(=O)c23)c1. The molecule has 0 saturated carbocycles. The predicted octanol–water partition coefficient (Wildman–Crippen LogP) is 2.12.